The molecule has 3 rings (SSSR count). The zero-order chi connectivity index (χ0) is 17.8. The van der Waals surface area contributed by atoms with Crippen LogP contribution >= 0.6 is 0 Å². The third-order valence-corrected chi connectivity index (χ3v) is 4.43. The SMILES string of the molecule is COc1ccc2c(c1)nc(CNC(=O)NC1CCCCNC1=O)n2C. The van der Waals surface area contributed by atoms with Gasteiger partial charge in [-0.2, -0.15) is 0 Å². The number of carbonyl (C=O) groups excluding carboxylic acids is 2. The van der Waals surface area contributed by atoms with Crippen LogP contribution in [0.15, 0.2) is 18.2 Å². The molecule has 0 saturated carbocycles. The summed E-state index contributed by atoms with van der Waals surface area (Å²) in [5.41, 5.74) is 1.77. The molecule has 1 aliphatic heterocycles. The van der Waals surface area contributed by atoms with E-state index in [1.807, 2.05) is 29.8 Å². The number of hydrogen-bond donors (Lipinski definition) is 3. The molecule has 1 saturated heterocycles. The van der Waals surface area contributed by atoms with Gasteiger partial charge in [0, 0.05) is 19.7 Å². The lowest BCUT2D eigenvalue weighted by atomic mass is 10.1. The minimum absolute atomic E-state index is 0.123. The quantitative estimate of drug-likeness (QED) is 0.771. The first-order chi connectivity index (χ1) is 12.1. The van der Waals surface area contributed by atoms with Crippen molar-refractivity contribution >= 4 is 23.0 Å². The number of ether oxygens (including phenoxy) is 1. The van der Waals surface area contributed by atoms with E-state index in [0.29, 0.717) is 13.0 Å². The van der Waals surface area contributed by atoms with Gasteiger partial charge in [0.15, 0.2) is 0 Å². The first-order valence-electron chi connectivity index (χ1n) is 8.40. The van der Waals surface area contributed by atoms with E-state index in [1.165, 1.54) is 0 Å². The second kappa shape index (κ2) is 7.42. The molecule has 0 spiro atoms. The number of benzene rings is 1. The summed E-state index contributed by atoms with van der Waals surface area (Å²) < 4.78 is 7.13. The average molecular weight is 345 g/mol. The third kappa shape index (κ3) is 3.84. The number of aryl methyl sites for hydroxylation is 1. The van der Waals surface area contributed by atoms with E-state index in [2.05, 4.69) is 20.9 Å². The predicted molar refractivity (Wildman–Crippen MR) is 93.3 cm³/mol. The van der Waals surface area contributed by atoms with Gasteiger partial charge in [0.05, 0.1) is 24.7 Å². The lowest BCUT2D eigenvalue weighted by Crippen LogP contribution is -2.49. The van der Waals surface area contributed by atoms with Gasteiger partial charge in [-0.25, -0.2) is 9.78 Å². The zero-order valence-electron chi connectivity index (χ0n) is 14.5. The molecule has 1 aromatic heterocycles. The molecule has 8 heteroatoms. The molecule has 1 aliphatic rings. The highest BCUT2D eigenvalue weighted by Crippen LogP contribution is 2.20. The Labute approximate surface area is 145 Å². The van der Waals surface area contributed by atoms with E-state index in [9.17, 15) is 9.59 Å². The van der Waals surface area contributed by atoms with Crippen molar-refractivity contribution in [2.45, 2.75) is 31.8 Å². The average Bonchev–Trinajstić information content (AvgIpc) is 2.78. The molecule has 134 valence electrons. The van der Waals surface area contributed by atoms with Crippen molar-refractivity contribution in [3.05, 3.63) is 24.0 Å². The van der Waals surface area contributed by atoms with Crippen LogP contribution in [-0.2, 0) is 18.4 Å². The van der Waals surface area contributed by atoms with Gasteiger partial charge in [0.2, 0.25) is 5.91 Å². The van der Waals surface area contributed by atoms with Crippen LogP contribution in [0.3, 0.4) is 0 Å². The molecule has 2 aromatic rings. The highest BCUT2D eigenvalue weighted by atomic mass is 16.5. The number of amides is 3. The van der Waals surface area contributed by atoms with Crippen LogP contribution < -0.4 is 20.7 Å². The normalized spacial score (nSPS) is 17.7. The van der Waals surface area contributed by atoms with E-state index < -0.39 is 6.04 Å². The van der Waals surface area contributed by atoms with E-state index in [1.54, 1.807) is 7.11 Å². The maximum atomic E-state index is 12.1. The summed E-state index contributed by atoms with van der Waals surface area (Å²) in [4.78, 5) is 28.5. The Hall–Kier alpha value is -2.77. The van der Waals surface area contributed by atoms with Gasteiger partial charge in [0.25, 0.3) is 0 Å². The number of carbonyl (C=O) groups is 2. The third-order valence-electron chi connectivity index (χ3n) is 4.43. The smallest absolute Gasteiger partial charge is 0.315 e. The largest absolute Gasteiger partial charge is 0.497 e. The predicted octanol–water partition coefficient (Wildman–Crippen LogP) is 1.05. The molecule has 1 aromatic carbocycles. The maximum absolute atomic E-state index is 12.1. The number of nitrogens with zero attached hydrogens (tertiary/aromatic N) is 2. The van der Waals surface area contributed by atoms with Crippen molar-refractivity contribution in [1.82, 2.24) is 25.5 Å². The van der Waals surface area contributed by atoms with Crippen LogP contribution in [0.1, 0.15) is 25.1 Å². The first kappa shape index (κ1) is 17.1. The highest BCUT2D eigenvalue weighted by molar-refractivity contribution is 5.87. The van der Waals surface area contributed by atoms with Gasteiger partial charge in [-0.05, 0) is 31.4 Å². The number of imidazole rings is 1. The fraction of sp³-hybridized carbons (Fsp3) is 0.471. The summed E-state index contributed by atoms with van der Waals surface area (Å²) in [5.74, 6) is 1.34. The van der Waals surface area contributed by atoms with Crippen LogP contribution in [0.2, 0.25) is 0 Å². The Morgan fingerprint density at radius 2 is 2.28 bits per heavy atom. The van der Waals surface area contributed by atoms with Crippen LogP contribution in [0.4, 0.5) is 4.79 Å². The van der Waals surface area contributed by atoms with Crippen LogP contribution in [0.25, 0.3) is 11.0 Å². The second-order valence-corrected chi connectivity index (χ2v) is 6.11. The van der Waals surface area contributed by atoms with E-state index >= 15 is 0 Å². The van der Waals surface area contributed by atoms with Gasteiger partial charge >= 0.3 is 6.03 Å². The number of methoxy groups -OCH3 is 1. The number of rotatable bonds is 4. The molecule has 2 heterocycles. The minimum atomic E-state index is -0.479. The Bertz CT molecular complexity index is 786. The summed E-state index contributed by atoms with van der Waals surface area (Å²) in [6, 6.07) is 4.81. The molecule has 3 amide bonds. The number of urea groups is 1. The highest BCUT2D eigenvalue weighted by Gasteiger charge is 2.22. The minimum Gasteiger partial charge on any atom is -0.497 e. The Morgan fingerprint density at radius 1 is 1.44 bits per heavy atom. The zero-order valence-corrected chi connectivity index (χ0v) is 14.5. The summed E-state index contributed by atoms with van der Waals surface area (Å²) >= 11 is 0. The van der Waals surface area contributed by atoms with Crippen molar-refractivity contribution in [1.29, 1.82) is 0 Å². The summed E-state index contributed by atoms with van der Waals surface area (Å²) in [7, 11) is 3.51. The fourth-order valence-corrected chi connectivity index (χ4v) is 2.96. The van der Waals surface area contributed by atoms with E-state index in [4.69, 9.17) is 4.74 Å². The van der Waals surface area contributed by atoms with E-state index in [0.717, 1.165) is 35.4 Å². The molecule has 1 atom stereocenters. The van der Waals surface area contributed by atoms with Gasteiger partial charge in [-0.15, -0.1) is 0 Å². The Kier molecular flexibility index (Phi) is 5.06. The number of hydrogen-bond acceptors (Lipinski definition) is 4. The van der Waals surface area contributed by atoms with Crippen molar-refractivity contribution < 1.29 is 14.3 Å². The lowest BCUT2D eigenvalue weighted by Gasteiger charge is -2.15. The molecular weight excluding hydrogens is 322 g/mol. The van der Waals surface area contributed by atoms with Gasteiger partial charge in [-0.1, -0.05) is 0 Å². The topological polar surface area (TPSA) is 97.3 Å². The van der Waals surface area contributed by atoms with Gasteiger partial charge < -0.3 is 25.3 Å². The molecule has 3 N–H and O–H groups in total. The summed E-state index contributed by atoms with van der Waals surface area (Å²) in [6.07, 6.45) is 2.51. The molecule has 1 unspecified atom stereocenters. The first-order valence-corrected chi connectivity index (χ1v) is 8.40. The van der Waals surface area contributed by atoms with Gasteiger partial charge in [-0.3, -0.25) is 4.79 Å². The standard InChI is InChI=1S/C17H23N5O3/c1-22-14-7-6-11(25-2)9-13(14)20-15(22)10-19-17(24)21-12-5-3-4-8-18-16(12)23/h6-7,9,12H,3-5,8,10H2,1-2H3,(H,18,23)(H2,19,21,24). The lowest BCUT2D eigenvalue weighted by molar-refractivity contribution is -0.122. The van der Waals surface area contributed by atoms with Crippen LogP contribution in [0.5, 0.6) is 5.75 Å². The number of fused-ring (bicyclic) bond motifs is 1. The van der Waals surface area contributed by atoms with Gasteiger partial charge in [0.1, 0.15) is 17.6 Å². The van der Waals surface area contributed by atoms with E-state index in [-0.39, 0.29) is 18.5 Å². The Morgan fingerprint density at radius 3 is 3.08 bits per heavy atom. The molecule has 0 bridgehead atoms. The maximum Gasteiger partial charge on any atom is 0.315 e. The molecule has 8 nitrogen and oxygen atoms in total. The molecule has 0 radical (unpaired) electrons. The van der Waals surface area contributed by atoms with Crippen LogP contribution in [0, 0.1) is 0 Å². The summed E-state index contributed by atoms with van der Waals surface area (Å²) in [5, 5.41) is 8.31. The van der Waals surface area contributed by atoms with Crippen molar-refractivity contribution in [2.24, 2.45) is 7.05 Å². The Balaban J connectivity index is 1.62. The van der Waals surface area contributed by atoms with Crippen LogP contribution in [-0.4, -0.2) is 41.2 Å². The number of nitrogens with one attached hydrogen (secondary N) is 3. The van der Waals surface area contributed by atoms with Crippen molar-refractivity contribution in [3.8, 4) is 5.75 Å². The summed E-state index contributed by atoms with van der Waals surface area (Å²) in [6.45, 7) is 0.940. The molecule has 1 fully saturated rings. The van der Waals surface area contributed by atoms with Crippen molar-refractivity contribution in [2.75, 3.05) is 13.7 Å². The van der Waals surface area contributed by atoms with Crippen molar-refractivity contribution in [3.63, 3.8) is 0 Å². The molecule has 0 aliphatic carbocycles. The fourth-order valence-electron chi connectivity index (χ4n) is 2.96. The molecule has 25 heavy (non-hydrogen) atoms. The second-order valence-electron chi connectivity index (χ2n) is 6.11. The molecular formula is C17H23N5O3. The number of aromatic nitrogens is 2. The monoisotopic (exact) mass is 345 g/mol.